The van der Waals surface area contributed by atoms with Crippen LogP contribution < -0.4 is 0 Å². The summed E-state index contributed by atoms with van der Waals surface area (Å²) in [4.78, 5) is 0. The summed E-state index contributed by atoms with van der Waals surface area (Å²) < 4.78 is 49.2. The average Bonchev–Trinajstić information content (AvgIpc) is 3.23. The molecule has 0 aliphatic rings. The van der Waals surface area contributed by atoms with Crippen molar-refractivity contribution in [2.75, 3.05) is 126 Å². The fourth-order valence-electron chi connectivity index (χ4n) is 6.80. The minimum Gasteiger partial charge on any atom is -0.394 e. The Kier molecular flexibility index (Phi) is 56.2. The van der Waals surface area contributed by atoms with Gasteiger partial charge in [-0.05, 0) is 6.42 Å². The van der Waals surface area contributed by atoms with Crippen LogP contribution in [0.2, 0.25) is 0 Å². The smallest absolute Gasteiger partial charge is 0.0701 e. The molecule has 0 atom stereocenters. The van der Waals surface area contributed by atoms with E-state index < -0.39 is 0 Å². The van der Waals surface area contributed by atoms with E-state index >= 15 is 0 Å². The molecule has 0 rings (SSSR count). The highest BCUT2D eigenvalue weighted by atomic mass is 16.6. The summed E-state index contributed by atoms with van der Waals surface area (Å²) in [5, 5.41) is 8.60. The molecule has 0 spiro atoms. The highest BCUT2D eigenvalue weighted by Gasteiger charge is 1.99. The van der Waals surface area contributed by atoms with Crippen molar-refractivity contribution < 1.29 is 47.7 Å². The standard InChI is InChI=1S/C48H98O10/c1-2-3-4-5-6-7-8-9-10-11-12-13-14-15-16-17-18-19-20-21-22-23-24-25-26-27-28-29-31-50-33-35-52-37-39-54-41-43-56-45-47-58-48-46-57-44-42-55-40-38-53-36-34-51-32-30-49/h49H,2-48H2,1H3. The lowest BCUT2D eigenvalue weighted by atomic mass is 10.0. The van der Waals surface area contributed by atoms with Crippen LogP contribution in [0.3, 0.4) is 0 Å². The van der Waals surface area contributed by atoms with E-state index in [2.05, 4.69) is 6.92 Å². The molecule has 0 amide bonds. The Labute approximate surface area is 359 Å². The monoisotopic (exact) mass is 835 g/mol. The van der Waals surface area contributed by atoms with Crippen LogP contribution in [-0.4, -0.2) is 131 Å². The minimum absolute atomic E-state index is 0.0327. The highest BCUT2D eigenvalue weighted by Crippen LogP contribution is 2.16. The van der Waals surface area contributed by atoms with E-state index in [1.165, 1.54) is 173 Å². The number of unbranched alkanes of at least 4 members (excludes halogenated alkanes) is 27. The Morgan fingerprint density at radius 2 is 0.345 bits per heavy atom. The van der Waals surface area contributed by atoms with Gasteiger partial charge in [0.15, 0.2) is 0 Å². The quantitative estimate of drug-likeness (QED) is 0.0596. The predicted molar refractivity (Wildman–Crippen MR) is 239 cm³/mol. The minimum atomic E-state index is 0.0327. The SMILES string of the molecule is CCCCCCCCCCCCCCCCCCCCCCCCCCCCCCOCCOCCOCCOCCOCCOCCOCCOCCOCCO. The van der Waals surface area contributed by atoms with Gasteiger partial charge in [0.05, 0.1) is 119 Å². The number of ether oxygens (including phenoxy) is 9. The number of aliphatic hydroxyl groups excluding tert-OH is 1. The molecule has 0 saturated carbocycles. The zero-order valence-corrected chi connectivity index (χ0v) is 38.4. The summed E-state index contributed by atoms with van der Waals surface area (Å²) in [7, 11) is 0. The molecule has 0 unspecified atom stereocenters. The first-order chi connectivity index (χ1) is 28.9. The summed E-state index contributed by atoms with van der Waals surface area (Å²) >= 11 is 0. The summed E-state index contributed by atoms with van der Waals surface area (Å²) in [6.45, 7) is 12.2. The van der Waals surface area contributed by atoms with Crippen LogP contribution in [0.15, 0.2) is 0 Å². The molecule has 10 nitrogen and oxygen atoms in total. The van der Waals surface area contributed by atoms with Crippen LogP contribution in [0.25, 0.3) is 0 Å². The second-order valence-electron chi connectivity index (χ2n) is 15.8. The summed E-state index contributed by atoms with van der Waals surface area (Å²) in [6, 6.07) is 0. The Morgan fingerprint density at radius 1 is 0.190 bits per heavy atom. The van der Waals surface area contributed by atoms with E-state index in [9.17, 15) is 0 Å². The molecule has 0 aromatic carbocycles. The molecule has 0 saturated heterocycles. The number of aliphatic hydroxyl groups is 1. The summed E-state index contributed by atoms with van der Waals surface area (Å²) in [5.41, 5.74) is 0. The second-order valence-corrected chi connectivity index (χ2v) is 15.8. The fraction of sp³-hybridized carbons (Fsp3) is 1.00. The van der Waals surface area contributed by atoms with Crippen molar-refractivity contribution in [2.24, 2.45) is 0 Å². The van der Waals surface area contributed by atoms with Gasteiger partial charge < -0.3 is 47.7 Å². The van der Waals surface area contributed by atoms with Crippen molar-refractivity contribution >= 4 is 0 Å². The molecule has 58 heavy (non-hydrogen) atoms. The third kappa shape index (κ3) is 55.6. The molecule has 0 aliphatic carbocycles. The maximum atomic E-state index is 8.60. The predicted octanol–water partition coefficient (Wildman–Crippen LogP) is 11.1. The van der Waals surface area contributed by atoms with Crippen LogP contribution in [0.5, 0.6) is 0 Å². The van der Waals surface area contributed by atoms with Crippen molar-refractivity contribution in [1.29, 1.82) is 0 Å². The zero-order chi connectivity index (χ0) is 41.6. The third-order valence-corrected chi connectivity index (χ3v) is 10.4. The largest absolute Gasteiger partial charge is 0.394 e. The molecule has 0 aromatic heterocycles. The van der Waals surface area contributed by atoms with E-state index in [4.69, 9.17) is 47.7 Å². The Balaban J connectivity index is 3.05. The van der Waals surface area contributed by atoms with Crippen molar-refractivity contribution in [3.05, 3.63) is 0 Å². The second kappa shape index (κ2) is 56.6. The first kappa shape index (κ1) is 57.6. The van der Waals surface area contributed by atoms with Gasteiger partial charge in [-0.25, -0.2) is 0 Å². The fourth-order valence-corrected chi connectivity index (χ4v) is 6.80. The number of hydrogen-bond acceptors (Lipinski definition) is 10. The molecule has 0 radical (unpaired) electrons. The first-order valence-electron chi connectivity index (χ1n) is 24.7. The van der Waals surface area contributed by atoms with Crippen LogP contribution in [0.1, 0.15) is 187 Å². The van der Waals surface area contributed by atoms with Crippen LogP contribution >= 0.6 is 0 Å². The lowest BCUT2D eigenvalue weighted by Gasteiger charge is -2.09. The first-order valence-corrected chi connectivity index (χ1v) is 24.7. The zero-order valence-electron chi connectivity index (χ0n) is 38.4. The molecule has 0 heterocycles. The molecule has 0 aromatic rings. The van der Waals surface area contributed by atoms with Gasteiger partial charge in [-0.1, -0.05) is 180 Å². The van der Waals surface area contributed by atoms with Gasteiger partial charge in [0.2, 0.25) is 0 Å². The van der Waals surface area contributed by atoms with Gasteiger partial charge in [0.25, 0.3) is 0 Å². The highest BCUT2D eigenvalue weighted by molar-refractivity contribution is 4.52. The van der Waals surface area contributed by atoms with E-state index in [1.807, 2.05) is 0 Å². The van der Waals surface area contributed by atoms with Gasteiger partial charge in [0.1, 0.15) is 0 Å². The Hall–Kier alpha value is -0.400. The molecule has 0 aliphatic heterocycles. The molecular weight excluding hydrogens is 737 g/mol. The van der Waals surface area contributed by atoms with Crippen molar-refractivity contribution in [3.63, 3.8) is 0 Å². The molecule has 10 heteroatoms. The van der Waals surface area contributed by atoms with E-state index in [1.54, 1.807) is 0 Å². The number of hydrogen-bond donors (Lipinski definition) is 1. The van der Waals surface area contributed by atoms with Crippen molar-refractivity contribution in [1.82, 2.24) is 0 Å². The average molecular weight is 835 g/mol. The topological polar surface area (TPSA) is 103 Å². The van der Waals surface area contributed by atoms with Crippen LogP contribution in [-0.2, 0) is 42.6 Å². The summed E-state index contributed by atoms with van der Waals surface area (Å²) in [5.74, 6) is 0. The Morgan fingerprint density at radius 3 is 0.534 bits per heavy atom. The van der Waals surface area contributed by atoms with Gasteiger partial charge in [0, 0.05) is 6.61 Å². The van der Waals surface area contributed by atoms with Gasteiger partial charge in [-0.3, -0.25) is 0 Å². The summed E-state index contributed by atoms with van der Waals surface area (Å²) in [6.07, 6.45) is 40.0. The van der Waals surface area contributed by atoms with E-state index in [0.29, 0.717) is 112 Å². The van der Waals surface area contributed by atoms with Gasteiger partial charge in [-0.15, -0.1) is 0 Å². The molecule has 350 valence electrons. The molecular formula is C48H98O10. The maximum Gasteiger partial charge on any atom is 0.0701 e. The van der Waals surface area contributed by atoms with Crippen LogP contribution in [0.4, 0.5) is 0 Å². The molecule has 1 N–H and O–H groups in total. The third-order valence-electron chi connectivity index (χ3n) is 10.4. The Bertz CT molecular complexity index is 633. The van der Waals surface area contributed by atoms with Crippen molar-refractivity contribution in [3.8, 4) is 0 Å². The lowest BCUT2D eigenvalue weighted by Crippen LogP contribution is -2.15. The van der Waals surface area contributed by atoms with Crippen molar-refractivity contribution in [2.45, 2.75) is 187 Å². The number of rotatable bonds is 55. The molecule has 0 fully saturated rings. The lowest BCUT2D eigenvalue weighted by molar-refractivity contribution is -0.0255. The molecule has 0 bridgehead atoms. The van der Waals surface area contributed by atoms with Gasteiger partial charge in [-0.2, -0.15) is 0 Å². The van der Waals surface area contributed by atoms with E-state index in [0.717, 1.165) is 13.0 Å². The van der Waals surface area contributed by atoms with Gasteiger partial charge >= 0.3 is 0 Å². The maximum absolute atomic E-state index is 8.60. The normalized spacial score (nSPS) is 11.7. The van der Waals surface area contributed by atoms with E-state index in [-0.39, 0.29) is 6.61 Å². The van der Waals surface area contributed by atoms with Crippen LogP contribution in [0, 0.1) is 0 Å².